The molecule has 0 aromatic carbocycles. The number of nitrogens with one attached hydrogen (secondary N) is 1. The second kappa shape index (κ2) is 6.06. The van der Waals surface area contributed by atoms with Gasteiger partial charge in [-0.3, -0.25) is 9.58 Å². The number of hydrogen-bond acceptors (Lipinski definition) is 3. The van der Waals surface area contributed by atoms with Crippen molar-refractivity contribution >= 4 is 0 Å². The van der Waals surface area contributed by atoms with Gasteiger partial charge in [-0.25, -0.2) is 0 Å². The van der Waals surface area contributed by atoms with E-state index in [-0.39, 0.29) is 0 Å². The second-order valence-corrected chi connectivity index (χ2v) is 5.74. The molecule has 0 radical (unpaired) electrons. The molecule has 2 rings (SSSR count). The summed E-state index contributed by atoms with van der Waals surface area (Å²) in [6, 6.07) is 0.528. The van der Waals surface area contributed by atoms with Gasteiger partial charge in [0, 0.05) is 24.3 Å². The maximum atomic E-state index is 4.62. The SMILES string of the molecule is CCN1CCCC(CNC)C1c1c(C)nn(C)c1C. The van der Waals surface area contributed by atoms with Gasteiger partial charge < -0.3 is 5.32 Å². The average Bonchev–Trinajstić information content (AvgIpc) is 2.64. The molecule has 0 saturated carbocycles. The van der Waals surface area contributed by atoms with E-state index in [2.05, 4.69) is 50.2 Å². The molecule has 2 heterocycles. The summed E-state index contributed by atoms with van der Waals surface area (Å²) in [7, 11) is 4.11. The summed E-state index contributed by atoms with van der Waals surface area (Å²) in [6.45, 7) is 10.1. The Morgan fingerprint density at radius 3 is 2.63 bits per heavy atom. The molecular formula is C15H28N4. The monoisotopic (exact) mass is 264 g/mol. The quantitative estimate of drug-likeness (QED) is 0.903. The Morgan fingerprint density at radius 1 is 1.37 bits per heavy atom. The van der Waals surface area contributed by atoms with Crippen LogP contribution in [0.1, 0.15) is 42.8 Å². The Morgan fingerprint density at radius 2 is 2.11 bits per heavy atom. The number of nitrogens with zero attached hydrogens (tertiary/aromatic N) is 3. The van der Waals surface area contributed by atoms with Crippen LogP contribution in [0.15, 0.2) is 0 Å². The van der Waals surface area contributed by atoms with E-state index < -0.39 is 0 Å². The Balaban J connectivity index is 2.39. The first-order valence-corrected chi connectivity index (χ1v) is 7.48. The van der Waals surface area contributed by atoms with Crippen molar-refractivity contribution in [3.63, 3.8) is 0 Å². The van der Waals surface area contributed by atoms with E-state index in [1.165, 1.54) is 36.3 Å². The highest BCUT2D eigenvalue weighted by Crippen LogP contribution is 2.38. The molecule has 0 bridgehead atoms. The number of hydrogen-bond donors (Lipinski definition) is 1. The summed E-state index contributed by atoms with van der Waals surface area (Å²) >= 11 is 0. The van der Waals surface area contributed by atoms with Gasteiger partial charge in [-0.2, -0.15) is 5.10 Å². The lowest BCUT2D eigenvalue weighted by atomic mass is 9.83. The number of rotatable bonds is 4. The highest BCUT2D eigenvalue weighted by atomic mass is 15.3. The van der Waals surface area contributed by atoms with Gasteiger partial charge in [0.05, 0.1) is 5.69 Å². The van der Waals surface area contributed by atoms with Crippen LogP contribution in [0.5, 0.6) is 0 Å². The summed E-state index contributed by atoms with van der Waals surface area (Å²) in [5.74, 6) is 0.695. The van der Waals surface area contributed by atoms with Crippen molar-refractivity contribution in [1.29, 1.82) is 0 Å². The Labute approximate surface area is 117 Å². The lowest BCUT2D eigenvalue weighted by molar-refractivity contribution is 0.0972. The van der Waals surface area contributed by atoms with Gasteiger partial charge in [-0.05, 0) is 59.3 Å². The molecule has 0 amide bonds. The van der Waals surface area contributed by atoms with Crippen molar-refractivity contribution in [2.45, 2.75) is 39.7 Å². The fourth-order valence-corrected chi connectivity index (χ4v) is 3.62. The van der Waals surface area contributed by atoms with Crippen LogP contribution in [0.25, 0.3) is 0 Å². The van der Waals surface area contributed by atoms with E-state index in [1.807, 2.05) is 4.68 Å². The van der Waals surface area contributed by atoms with Gasteiger partial charge in [0.15, 0.2) is 0 Å². The van der Waals surface area contributed by atoms with Crippen molar-refractivity contribution in [3.05, 3.63) is 17.0 Å². The van der Waals surface area contributed by atoms with Crippen molar-refractivity contribution in [2.24, 2.45) is 13.0 Å². The molecular weight excluding hydrogens is 236 g/mol. The zero-order valence-electron chi connectivity index (χ0n) is 13.0. The van der Waals surface area contributed by atoms with Crippen molar-refractivity contribution in [1.82, 2.24) is 20.0 Å². The predicted molar refractivity (Wildman–Crippen MR) is 79.3 cm³/mol. The molecule has 1 fully saturated rings. The third kappa shape index (κ3) is 2.70. The summed E-state index contributed by atoms with van der Waals surface area (Å²) in [5.41, 5.74) is 3.99. The third-order valence-corrected chi connectivity index (χ3v) is 4.59. The highest BCUT2D eigenvalue weighted by molar-refractivity contribution is 5.29. The summed E-state index contributed by atoms with van der Waals surface area (Å²) in [4.78, 5) is 2.63. The van der Waals surface area contributed by atoms with Gasteiger partial charge in [0.1, 0.15) is 0 Å². The van der Waals surface area contributed by atoms with Crippen LogP contribution in [0, 0.1) is 19.8 Å². The molecule has 2 atom stereocenters. The molecule has 1 aromatic heterocycles. The molecule has 19 heavy (non-hydrogen) atoms. The molecule has 0 spiro atoms. The van der Waals surface area contributed by atoms with Gasteiger partial charge >= 0.3 is 0 Å². The average molecular weight is 264 g/mol. The number of aryl methyl sites for hydroxylation is 2. The molecule has 1 aromatic rings. The van der Waals surface area contributed by atoms with Crippen molar-refractivity contribution < 1.29 is 0 Å². The molecule has 1 aliphatic heterocycles. The van der Waals surface area contributed by atoms with Crippen LogP contribution < -0.4 is 5.32 Å². The van der Waals surface area contributed by atoms with Gasteiger partial charge in [0.25, 0.3) is 0 Å². The highest BCUT2D eigenvalue weighted by Gasteiger charge is 2.34. The lowest BCUT2D eigenvalue weighted by Crippen LogP contribution is -2.42. The Hall–Kier alpha value is -0.870. The minimum atomic E-state index is 0.528. The summed E-state index contributed by atoms with van der Waals surface area (Å²) in [6.07, 6.45) is 2.63. The smallest absolute Gasteiger partial charge is 0.0644 e. The second-order valence-electron chi connectivity index (χ2n) is 5.74. The largest absolute Gasteiger partial charge is 0.319 e. The molecule has 4 nitrogen and oxygen atoms in total. The normalized spacial score (nSPS) is 24.9. The predicted octanol–water partition coefficient (Wildman–Crippen LogP) is 2.03. The first-order chi connectivity index (χ1) is 9.10. The van der Waals surface area contributed by atoms with E-state index >= 15 is 0 Å². The first-order valence-electron chi connectivity index (χ1n) is 7.48. The van der Waals surface area contributed by atoms with Crippen LogP contribution in [-0.4, -0.2) is 41.4 Å². The zero-order valence-corrected chi connectivity index (χ0v) is 13.0. The van der Waals surface area contributed by atoms with E-state index in [0.717, 1.165) is 13.1 Å². The third-order valence-electron chi connectivity index (χ3n) is 4.59. The summed E-state index contributed by atoms with van der Waals surface area (Å²) < 4.78 is 2.03. The van der Waals surface area contributed by atoms with Crippen molar-refractivity contribution in [2.75, 3.05) is 26.7 Å². The Bertz CT molecular complexity index is 422. The van der Waals surface area contributed by atoms with E-state index in [9.17, 15) is 0 Å². The van der Waals surface area contributed by atoms with Crippen LogP contribution in [0.2, 0.25) is 0 Å². The number of piperidine rings is 1. The number of likely N-dealkylation sites (tertiary alicyclic amines) is 1. The van der Waals surface area contributed by atoms with Crippen LogP contribution >= 0.6 is 0 Å². The molecule has 1 aliphatic rings. The van der Waals surface area contributed by atoms with Gasteiger partial charge in [-0.1, -0.05) is 6.92 Å². The first kappa shape index (κ1) is 14.5. The van der Waals surface area contributed by atoms with Gasteiger partial charge in [0.2, 0.25) is 0 Å². The molecule has 1 saturated heterocycles. The topological polar surface area (TPSA) is 33.1 Å². The standard InChI is InChI=1S/C15H28N4/c1-6-19-9-7-8-13(10-16-4)15(19)14-11(2)17-18(5)12(14)3/h13,15-16H,6-10H2,1-5H3. The Kier molecular flexibility index (Phi) is 4.63. The minimum absolute atomic E-state index is 0.528. The summed E-state index contributed by atoms with van der Waals surface area (Å²) in [5, 5.41) is 7.99. The molecule has 4 heteroatoms. The maximum absolute atomic E-state index is 4.62. The lowest BCUT2D eigenvalue weighted by Gasteiger charge is -2.41. The fraction of sp³-hybridized carbons (Fsp3) is 0.800. The van der Waals surface area contributed by atoms with E-state index in [0.29, 0.717) is 12.0 Å². The maximum Gasteiger partial charge on any atom is 0.0644 e. The van der Waals surface area contributed by atoms with Crippen LogP contribution in [0.4, 0.5) is 0 Å². The number of aromatic nitrogens is 2. The molecule has 2 unspecified atom stereocenters. The molecule has 108 valence electrons. The zero-order chi connectivity index (χ0) is 14.0. The van der Waals surface area contributed by atoms with Crippen LogP contribution in [0.3, 0.4) is 0 Å². The van der Waals surface area contributed by atoms with E-state index in [4.69, 9.17) is 0 Å². The van der Waals surface area contributed by atoms with E-state index in [1.54, 1.807) is 0 Å². The molecule has 1 N–H and O–H groups in total. The van der Waals surface area contributed by atoms with Crippen LogP contribution in [-0.2, 0) is 7.05 Å². The van der Waals surface area contributed by atoms with Crippen molar-refractivity contribution in [3.8, 4) is 0 Å². The van der Waals surface area contributed by atoms with Gasteiger partial charge in [-0.15, -0.1) is 0 Å². The minimum Gasteiger partial charge on any atom is -0.319 e. The fourth-order valence-electron chi connectivity index (χ4n) is 3.62. The molecule has 0 aliphatic carbocycles.